The van der Waals surface area contributed by atoms with Gasteiger partial charge in [0.1, 0.15) is 0 Å². The van der Waals surface area contributed by atoms with Crippen LogP contribution in [-0.2, 0) is 13.6 Å². The molecule has 0 heterocycles. The average molecular weight is 209 g/mol. The highest BCUT2D eigenvalue weighted by Crippen LogP contribution is 2.46. The normalized spacial score (nSPS) is 17.0. The molecule has 80 valence electrons. The molecular formula is C8H20NO3P. The van der Waals surface area contributed by atoms with Gasteiger partial charge in [-0.05, 0) is 27.7 Å². The largest absolute Gasteiger partial charge is 0.405 e. The minimum atomic E-state index is -3.09. The van der Waals surface area contributed by atoms with Crippen LogP contribution in [0.5, 0.6) is 0 Å². The lowest BCUT2D eigenvalue weighted by Crippen LogP contribution is -2.24. The standard InChI is InChI=1S/C8H20NO3P/c1-6-9-13(10,11-7-2)12-8(3,4)5/h6-7H2,1-5H3,(H,9,10). The summed E-state index contributed by atoms with van der Waals surface area (Å²) in [6.45, 7) is 10.1. The molecule has 1 unspecified atom stereocenters. The first kappa shape index (κ1) is 13.1. The maximum Gasteiger partial charge on any atom is 0.405 e. The van der Waals surface area contributed by atoms with Crippen LogP contribution in [0.1, 0.15) is 34.6 Å². The topological polar surface area (TPSA) is 47.6 Å². The first-order valence-corrected chi connectivity index (χ1v) is 6.07. The Kier molecular flexibility index (Phi) is 5.15. The smallest absolute Gasteiger partial charge is 0.297 e. The van der Waals surface area contributed by atoms with Crippen LogP contribution < -0.4 is 5.09 Å². The molecule has 0 amide bonds. The molecule has 0 aromatic carbocycles. The second kappa shape index (κ2) is 5.11. The van der Waals surface area contributed by atoms with E-state index in [9.17, 15) is 4.57 Å². The van der Waals surface area contributed by atoms with E-state index in [4.69, 9.17) is 9.05 Å². The SMILES string of the molecule is CCNP(=O)(OCC)OC(C)(C)C. The van der Waals surface area contributed by atoms with Gasteiger partial charge in [0.25, 0.3) is 0 Å². The first-order valence-electron chi connectivity index (χ1n) is 4.53. The molecule has 0 saturated heterocycles. The summed E-state index contributed by atoms with van der Waals surface area (Å²) >= 11 is 0. The predicted octanol–water partition coefficient (Wildman–Crippen LogP) is 2.56. The Morgan fingerprint density at radius 2 is 1.85 bits per heavy atom. The molecule has 0 spiro atoms. The van der Waals surface area contributed by atoms with Crippen LogP contribution in [0.2, 0.25) is 0 Å². The molecule has 0 saturated carbocycles. The molecule has 5 heteroatoms. The van der Waals surface area contributed by atoms with Crippen LogP contribution >= 0.6 is 7.75 Å². The zero-order valence-electron chi connectivity index (χ0n) is 9.09. The Hall–Kier alpha value is 0.110. The van der Waals surface area contributed by atoms with Crippen LogP contribution in [0.15, 0.2) is 0 Å². The number of nitrogens with one attached hydrogen (secondary N) is 1. The number of rotatable bonds is 5. The first-order chi connectivity index (χ1) is 5.83. The molecule has 0 aliphatic rings. The van der Waals surface area contributed by atoms with Gasteiger partial charge in [0.15, 0.2) is 0 Å². The van der Waals surface area contributed by atoms with E-state index in [0.717, 1.165) is 0 Å². The van der Waals surface area contributed by atoms with E-state index < -0.39 is 13.3 Å². The van der Waals surface area contributed by atoms with E-state index in [2.05, 4.69) is 5.09 Å². The van der Waals surface area contributed by atoms with Crippen molar-refractivity contribution in [3.63, 3.8) is 0 Å². The Morgan fingerprint density at radius 1 is 1.31 bits per heavy atom. The van der Waals surface area contributed by atoms with Gasteiger partial charge in [0.05, 0.1) is 12.2 Å². The molecule has 0 fully saturated rings. The summed E-state index contributed by atoms with van der Waals surface area (Å²) in [5.74, 6) is 0. The Bertz CT molecular complexity index is 178. The van der Waals surface area contributed by atoms with E-state index in [1.165, 1.54) is 0 Å². The van der Waals surface area contributed by atoms with Crippen LogP contribution in [0, 0.1) is 0 Å². The Labute approximate surface area is 80.6 Å². The van der Waals surface area contributed by atoms with Gasteiger partial charge < -0.3 is 0 Å². The molecule has 0 rings (SSSR count). The monoisotopic (exact) mass is 209 g/mol. The fourth-order valence-electron chi connectivity index (χ4n) is 0.828. The molecule has 13 heavy (non-hydrogen) atoms. The Morgan fingerprint density at radius 3 is 2.15 bits per heavy atom. The predicted molar refractivity (Wildman–Crippen MR) is 53.7 cm³/mol. The Balaban J connectivity index is 4.33. The molecular weight excluding hydrogens is 189 g/mol. The van der Waals surface area contributed by atoms with Gasteiger partial charge in [-0.3, -0.25) is 9.05 Å². The van der Waals surface area contributed by atoms with Crippen LogP contribution in [-0.4, -0.2) is 18.8 Å². The quantitative estimate of drug-likeness (QED) is 0.707. The van der Waals surface area contributed by atoms with Gasteiger partial charge in [-0.25, -0.2) is 9.65 Å². The van der Waals surface area contributed by atoms with Crippen molar-refractivity contribution in [3.05, 3.63) is 0 Å². The van der Waals surface area contributed by atoms with Gasteiger partial charge in [-0.15, -0.1) is 0 Å². The third-order valence-electron chi connectivity index (χ3n) is 1.04. The summed E-state index contributed by atoms with van der Waals surface area (Å²) in [5.41, 5.74) is -0.465. The summed E-state index contributed by atoms with van der Waals surface area (Å²) < 4.78 is 22.3. The van der Waals surface area contributed by atoms with Gasteiger partial charge in [-0.2, -0.15) is 0 Å². The molecule has 0 aliphatic heterocycles. The van der Waals surface area contributed by atoms with Crippen LogP contribution in [0.25, 0.3) is 0 Å². The lowest BCUT2D eigenvalue weighted by molar-refractivity contribution is 0.0916. The zero-order valence-corrected chi connectivity index (χ0v) is 9.98. The maximum absolute atomic E-state index is 11.9. The molecule has 0 bridgehead atoms. The molecule has 1 N–H and O–H groups in total. The van der Waals surface area contributed by atoms with E-state index >= 15 is 0 Å². The minimum absolute atomic E-state index is 0.375. The van der Waals surface area contributed by atoms with E-state index in [-0.39, 0.29) is 0 Å². The molecule has 0 aromatic heterocycles. The van der Waals surface area contributed by atoms with Gasteiger partial charge in [0, 0.05) is 6.54 Å². The molecule has 0 radical (unpaired) electrons. The number of hydrogen-bond donors (Lipinski definition) is 1. The van der Waals surface area contributed by atoms with Crippen molar-refractivity contribution in [2.45, 2.75) is 40.2 Å². The summed E-state index contributed by atoms with van der Waals surface area (Å²) in [6, 6.07) is 0. The van der Waals surface area contributed by atoms with Crippen molar-refractivity contribution in [2.24, 2.45) is 0 Å². The minimum Gasteiger partial charge on any atom is -0.297 e. The van der Waals surface area contributed by atoms with Crippen LogP contribution in [0.4, 0.5) is 0 Å². The maximum atomic E-state index is 11.9. The molecule has 4 nitrogen and oxygen atoms in total. The molecule has 1 atom stereocenters. The third kappa shape index (κ3) is 6.22. The van der Waals surface area contributed by atoms with Gasteiger partial charge in [0.2, 0.25) is 0 Å². The van der Waals surface area contributed by atoms with E-state index in [1.54, 1.807) is 6.92 Å². The lowest BCUT2D eigenvalue weighted by atomic mass is 10.2. The second-order valence-electron chi connectivity index (χ2n) is 3.63. The van der Waals surface area contributed by atoms with Crippen molar-refractivity contribution in [1.29, 1.82) is 0 Å². The van der Waals surface area contributed by atoms with Crippen molar-refractivity contribution in [1.82, 2.24) is 5.09 Å². The highest BCUT2D eigenvalue weighted by Gasteiger charge is 2.29. The summed E-state index contributed by atoms with van der Waals surface area (Å²) in [5, 5.41) is 2.73. The van der Waals surface area contributed by atoms with Crippen molar-refractivity contribution in [2.75, 3.05) is 13.2 Å². The highest BCUT2D eigenvalue weighted by atomic mass is 31.2. The molecule has 0 aromatic rings. The average Bonchev–Trinajstić information content (AvgIpc) is 1.82. The van der Waals surface area contributed by atoms with E-state index in [1.807, 2.05) is 27.7 Å². The van der Waals surface area contributed by atoms with E-state index in [0.29, 0.717) is 13.2 Å². The summed E-state index contributed by atoms with van der Waals surface area (Å²) in [7, 11) is -3.09. The zero-order chi connectivity index (χ0) is 10.5. The number of hydrogen-bond acceptors (Lipinski definition) is 3. The highest BCUT2D eigenvalue weighted by molar-refractivity contribution is 7.51. The fourth-order valence-corrected chi connectivity index (χ4v) is 2.49. The fraction of sp³-hybridized carbons (Fsp3) is 1.00. The lowest BCUT2D eigenvalue weighted by Gasteiger charge is -2.26. The summed E-state index contributed by atoms with van der Waals surface area (Å²) in [6.07, 6.45) is 0. The second-order valence-corrected chi connectivity index (χ2v) is 5.38. The summed E-state index contributed by atoms with van der Waals surface area (Å²) in [4.78, 5) is 0. The van der Waals surface area contributed by atoms with Crippen molar-refractivity contribution >= 4 is 7.75 Å². The van der Waals surface area contributed by atoms with Gasteiger partial charge in [-0.1, -0.05) is 6.92 Å². The van der Waals surface area contributed by atoms with Gasteiger partial charge >= 0.3 is 7.75 Å². The third-order valence-corrected chi connectivity index (χ3v) is 3.13. The van der Waals surface area contributed by atoms with Crippen molar-refractivity contribution < 1.29 is 13.6 Å². The van der Waals surface area contributed by atoms with Crippen molar-refractivity contribution in [3.8, 4) is 0 Å². The van der Waals surface area contributed by atoms with Crippen LogP contribution in [0.3, 0.4) is 0 Å². The molecule has 0 aliphatic carbocycles.